The summed E-state index contributed by atoms with van der Waals surface area (Å²) < 4.78 is 68.7. The fraction of sp³-hybridized carbons (Fsp3) is 0.500. The van der Waals surface area contributed by atoms with Crippen LogP contribution in [0.5, 0.6) is 5.75 Å². The summed E-state index contributed by atoms with van der Waals surface area (Å²) in [6, 6.07) is 13.1. The van der Waals surface area contributed by atoms with Crippen LogP contribution in [0.3, 0.4) is 0 Å². The third-order valence-electron chi connectivity index (χ3n) is 8.35. The second kappa shape index (κ2) is 13.3. The first-order valence-electron chi connectivity index (χ1n) is 14.8. The monoisotopic (exact) mass is 648 g/mol. The number of hydrogen-bond donors (Lipinski definition) is 3. The van der Waals surface area contributed by atoms with Crippen LogP contribution in [0.1, 0.15) is 32.6 Å². The molecule has 2 atom stereocenters. The molecular formula is C30H40N4O8S2. The highest BCUT2D eigenvalue weighted by molar-refractivity contribution is 7.89. The van der Waals surface area contributed by atoms with Crippen LogP contribution in [-0.2, 0) is 31.3 Å². The minimum atomic E-state index is -4.00. The molecule has 240 valence electrons. The molecule has 1 spiro atoms. The lowest BCUT2D eigenvalue weighted by molar-refractivity contribution is -0.0312. The molecular weight excluding hydrogens is 608 g/mol. The highest BCUT2D eigenvalue weighted by atomic mass is 32.2. The van der Waals surface area contributed by atoms with Crippen LogP contribution in [0.25, 0.3) is 10.9 Å². The average molecular weight is 649 g/mol. The summed E-state index contributed by atoms with van der Waals surface area (Å²) in [6.07, 6.45) is 3.10. The zero-order valence-corrected chi connectivity index (χ0v) is 26.6. The van der Waals surface area contributed by atoms with Crippen molar-refractivity contribution >= 4 is 30.9 Å². The topological polar surface area (TPSA) is 156 Å². The number of nitrogens with zero attached hydrogens (tertiary/aromatic N) is 2. The van der Waals surface area contributed by atoms with Crippen LogP contribution in [-0.4, -0.2) is 88.5 Å². The van der Waals surface area contributed by atoms with Gasteiger partial charge in [-0.05, 0) is 57.0 Å². The summed E-state index contributed by atoms with van der Waals surface area (Å²) in [5.74, 6) is 0.332. The van der Waals surface area contributed by atoms with Crippen molar-refractivity contribution in [2.45, 2.75) is 66.7 Å². The molecule has 3 heterocycles. The molecule has 2 saturated heterocycles. The van der Waals surface area contributed by atoms with E-state index in [1.807, 2.05) is 23.6 Å². The molecule has 2 aliphatic heterocycles. The van der Waals surface area contributed by atoms with E-state index in [1.165, 1.54) is 29.7 Å². The Bertz CT molecular complexity index is 1750. The van der Waals surface area contributed by atoms with E-state index in [2.05, 4.69) is 10.0 Å². The van der Waals surface area contributed by atoms with E-state index in [1.54, 1.807) is 24.3 Å². The maximum absolute atomic E-state index is 13.7. The number of aliphatic hydroxyl groups is 1. The number of fused-ring (bicyclic) bond motifs is 1. The number of ether oxygens (including phenoxy) is 2. The summed E-state index contributed by atoms with van der Waals surface area (Å²) in [7, 11) is -6.28. The third-order valence-corrected chi connectivity index (χ3v) is 11.7. The van der Waals surface area contributed by atoms with Gasteiger partial charge in [0, 0.05) is 49.9 Å². The Morgan fingerprint density at radius 1 is 1.11 bits per heavy atom. The number of sulfonamides is 2. The van der Waals surface area contributed by atoms with E-state index >= 15 is 0 Å². The summed E-state index contributed by atoms with van der Waals surface area (Å²) in [6.45, 7) is 3.73. The first kappa shape index (κ1) is 32.5. The van der Waals surface area contributed by atoms with Crippen LogP contribution < -0.4 is 20.2 Å². The molecule has 12 nitrogen and oxygen atoms in total. The van der Waals surface area contributed by atoms with Gasteiger partial charge in [-0.15, -0.1) is 0 Å². The molecule has 2 aliphatic rings. The quantitative estimate of drug-likeness (QED) is 0.266. The second-order valence-corrected chi connectivity index (χ2v) is 15.2. The van der Waals surface area contributed by atoms with Crippen LogP contribution in [0.15, 0.2) is 69.3 Å². The number of para-hydroxylation sites is 1. The average Bonchev–Trinajstić information content (AvgIpc) is 3.42. The van der Waals surface area contributed by atoms with Crippen LogP contribution in [0, 0.1) is 0 Å². The van der Waals surface area contributed by atoms with Crippen molar-refractivity contribution in [1.82, 2.24) is 18.9 Å². The number of pyridine rings is 1. The van der Waals surface area contributed by atoms with Gasteiger partial charge < -0.3 is 24.5 Å². The Morgan fingerprint density at radius 3 is 2.59 bits per heavy atom. The van der Waals surface area contributed by atoms with E-state index in [9.17, 15) is 26.7 Å². The van der Waals surface area contributed by atoms with E-state index < -0.39 is 37.2 Å². The normalized spacial score (nSPS) is 19.8. The first-order valence-corrected chi connectivity index (χ1v) is 17.7. The van der Waals surface area contributed by atoms with E-state index in [0.29, 0.717) is 43.5 Å². The maximum atomic E-state index is 13.7. The first-order chi connectivity index (χ1) is 21.0. The summed E-state index contributed by atoms with van der Waals surface area (Å²) in [5, 5.41) is 14.2. The number of aryl methyl sites for hydroxylation is 1. The van der Waals surface area contributed by atoms with Gasteiger partial charge in [0.1, 0.15) is 23.4 Å². The van der Waals surface area contributed by atoms with Crippen molar-refractivity contribution in [3.05, 3.63) is 65.0 Å². The number of aliphatic hydroxyl groups excluding tert-OH is 1. The standard InChI is InChI=1S/C30H40N4O8S2/c1-3-13-33-19-28(29(36)26-9-4-5-10-27(26)33)44(39,40)34-14-11-30(12-15-34)17-22(20-42-30)32-18-23(35)21-41-24-7-6-8-25(16-24)43(37,38)31-2/h4-10,16,19,22-23,31-32,35H,3,11-15,17-18,20-21H2,1-2H3/t22?,23-/m0/s1. The number of benzene rings is 2. The van der Waals surface area contributed by atoms with Crippen molar-refractivity contribution in [3.63, 3.8) is 0 Å². The van der Waals surface area contributed by atoms with E-state index in [4.69, 9.17) is 9.47 Å². The minimum Gasteiger partial charge on any atom is -0.491 e. The van der Waals surface area contributed by atoms with Gasteiger partial charge in [0.25, 0.3) is 0 Å². The summed E-state index contributed by atoms with van der Waals surface area (Å²) in [5.41, 5.74) is -0.233. The summed E-state index contributed by atoms with van der Waals surface area (Å²) in [4.78, 5) is 13.2. The largest absolute Gasteiger partial charge is 0.491 e. The number of rotatable bonds is 12. The summed E-state index contributed by atoms with van der Waals surface area (Å²) >= 11 is 0. The molecule has 44 heavy (non-hydrogen) atoms. The molecule has 2 aromatic carbocycles. The van der Waals surface area contributed by atoms with Gasteiger partial charge in [-0.25, -0.2) is 21.6 Å². The fourth-order valence-corrected chi connectivity index (χ4v) is 8.24. The zero-order valence-electron chi connectivity index (χ0n) is 24.9. The maximum Gasteiger partial charge on any atom is 0.248 e. The van der Waals surface area contributed by atoms with Gasteiger partial charge in [-0.3, -0.25) is 4.79 Å². The smallest absolute Gasteiger partial charge is 0.248 e. The van der Waals surface area contributed by atoms with Crippen molar-refractivity contribution in [2.75, 3.05) is 39.9 Å². The molecule has 0 radical (unpaired) electrons. The van der Waals surface area contributed by atoms with Crippen molar-refractivity contribution in [2.24, 2.45) is 0 Å². The SMILES string of the molecule is CCCn1cc(S(=O)(=O)N2CCC3(CC2)CC(NC[C@H](O)COc2cccc(S(=O)(=O)NC)c2)CO3)c(=O)c2ccccc21. The lowest BCUT2D eigenvalue weighted by Crippen LogP contribution is -2.47. The van der Waals surface area contributed by atoms with Crippen molar-refractivity contribution in [3.8, 4) is 5.75 Å². The van der Waals surface area contributed by atoms with Gasteiger partial charge in [0.15, 0.2) is 0 Å². The predicted molar refractivity (Wildman–Crippen MR) is 166 cm³/mol. The zero-order chi connectivity index (χ0) is 31.5. The lowest BCUT2D eigenvalue weighted by atomic mass is 9.88. The molecule has 3 aromatic rings. The number of piperidine rings is 1. The van der Waals surface area contributed by atoms with E-state index in [0.717, 1.165) is 11.9 Å². The molecule has 2 fully saturated rings. The molecule has 0 amide bonds. The van der Waals surface area contributed by atoms with Crippen LogP contribution >= 0.6 is 0 Å². The Hall–Kier alpha value is -2.85. The number of hydrogen-bond acceptors (Lipinski definition) is 9. The predicted octanol–water partition coefficient (Wildman–Crippen LogP) is 1.66. The third kappa shape index (κ3) is 6.86. The number of nitrogens with one attached hydrogen (secondary N) is 2. The number of aromatic nitrogens is 1. The molecule has 1 unspecified atom stereocenters. The Kier molecular flexibility index (Phi) is 9.80. The minimum absolute atomic E-state index is 0.0290. The lowest BCUT2D eigenvalue weighted by Gasteiger charge is -2.38. The molecule has 0 bridgehead atoms. The highest BCUT2D eigenvalue weighted by Crippen LogP contribution is 2.37. The van der Waals surface area contributed by atoms with Gasteiger partial charge >= 0.3 is 0 Å². The Morgan fingerprint density at radius 2 is 1.86 bits per heavy atom. The van der Waals surface area contributed by atoms with Gasteiger partial charge in [0.2, 0.25) is 25.5 Å². The fourth-order valence-electron chi connectivity index (χ4n) is 5.93. The van der Waals surface area contributed by atoms with E-state index in [-0.39, 0.29) is 42.1 Å². The van der Waals surface area contributed by atoms with Crippen LogP contribution in [0.4, 0.5) is 0 Å². The van der Waals surface area contributed by atoms with Gasteiger partial charge in [-0.2, -0.15) is 4.31 Å². The molecule has 0 aliphatic carbocycles. The van der Waals surface area contributed by atoms with Crippen molar-refractivity contribution < 1.29 is 31.4 Å². The van der Waals surface area contributed by atoms with Crippen LogP contribution in [0.2, 0.25) is 0 Å². The molecule has 5 rings (SSSR count). The molecule has 0 saturated carbocycles. The molecule has 1 aromatic heterocycles. The molecule has 3 N–H and O–H groups in total. The Labute approximate surface area is 258 Å². The van der Waals surface area contributed by atoms with Gasteiger partial charge in [0.05, 0.1) is 22.6 Å². The molecule has 14 heteroatoms. The second-order valence-electron chi connectivity index (χ2n) is 11.4. The van der Waals surface area contributed by atoms with Gasteiger partial charge in [-0.1, -0.05) is 25.1 Å². The van der Waals surface area contributed by atoms with Crippen molar-refractivity contribution in [1.29, 1.82) is 0 Å². The Balaban J connectivity index is 1.15. The highest BCUT2D eigenvalue weighted by Gasteiger charge is 2.45.